The first-order valence-corrected chi connectivity index (χ1v) is 5.95. The van der Waals surface area contributed by atoms with Crippen LogP contribution in [0.2, 0.25) is 0 Å². The quantitative estimate of drug-likeness (QED) is 0.638. The number of hydrogen-bond acceptors (Lipinski definition) is 4. The van der Waals surface area contributed by atoms with Crippen molar-refractivity contribution < 1.29 is 10.2 Å². The molecule has 0 fully saturated rings. The Hall–Kier alpha value is -0.940. The van der Waals surface area contributed by atoms with Crippen molar-refractivity contribution in [2.24, 2.45) is 5.73 Å². The average Bonchev–Trinajstić information content (AvgIpc) is 2.33. The molecule has 1 unspecified atom stereocenters. The van der Waals surface area contributed by atoms with Crippen LogP contribution in [0.1, 0.15) is 17.2 Å². The summed E-state index contributed by atoms with van der Waals surface area (Å²) in [5, 5.41) is 18.1. The fraction of sp³-hybridized carbons (Fsp3) is 0.538. The Bertz CT molecular complexity index is 308. The standard InChI is InChI=1S/C13H22N2O2/c1-11-2-4-12(5-3-11)13(10-14)15(6-8-16)7-9-17/h2-5,13,16-17H,6-10,14H2,1H3. The van der Waals surface area contributed by atoms with Gasteiger partial charge in [-0.25, -0.2) is 0 Å². The number of aryl methyl sites for hydroxylation is 1. The van der Waals surface area contributed by atoms with Gasteiger partial charge in [0.25, 0.3) is 0 Å². The van der Waals surface area contributed by atoms with Crippen LogP contribution in [0.4, 0.5) is 0 Å². The first kappa shape index (κ1) is 14.1. The molecule has 1 aromatic rings. The fourth-order valence-corrected chi connectivity index (χ4v) is 1.96. The van der Waals surface area contributed by atoms with Crippen molar-refractivity contribution in [2.45, 2.75) is 13.0 Å². The fourth-order valence-electron chi connectivity index (χ4n) is 1.96. The van der Waals surface area contributed by atoms with E-state index in [-0.39, 0.29) is 19.3 Å². The molecule has 0 amide bonds. The van der Waals surface area contributed by atoms with Gasteiger partial charge in [-0.15, -0.1) is 0 Å². The van der Waals surface area contributed by atoms with E-state index in [1.54, 1.807) is 0 Å². The molecular formula is C13H22N2O2. The van der Waals surface area contributed by atoms with E-state index in [1.807, 2.05) is 24.0 Å². The highest BCUT2D eigenvalue weighted by molar-refractivity contribution is 5.24. The molecule has 4 heteroatoms. The molecule has 0 aliphatic rings. The Morgan fingerprint density at radius 2 is 1.65 bits per heavy atom. The second kappa shape index (κ2) is 7.40. The monoisotopic (exact) mass is 238 g/mol. The van der Waals surface area contributed by atoms with Crippen molar-refractivity contribution in [1.29, 1.82) is 0 Å². The minimum absolute atomic E-state index is 0.0508. The Morgan fingerprint density at radius 1 is 1.12 bits per heavy atom. The second-order valence-electron chi connectivity index (χ2n) is 4.15. The molecule has 4 nitrogen and oxygen atoms in total. The normalized spacial score (nSPS) is 13.0. The molecule has 0 spiro atoms. The summed E-state index contributed by atoms with van der Waals surface area (Å²) in [5.74, 6) is 0. The maximum Gasteiger partial charge on any atom is 0.0558 e. The minimum Gasteiger partial charge on any atom is -0.395 e. The zero-order valence-electron chi connectivity index (χ0n) is 10.3. The van der Waals surface area contributed by atoms with Crippen LogP contribution in [0.25, 0.3) is 0 Å². The molecule has 0 aliphatic carbocycles. The minimum atomic E-state index is 0.0508. The van der Waals surface area contributed by atoms with Gasteiger partial charge in [0.2, 0.25) is 0 Å². The summed E-state index contributed by atoms with van der Waals surface area (Å²) in [4.78, 5) is 2.00. The lowest BCUT2D eigenvalue weighted by Crippen LogP contribution is -2.37. The smallest absolute Gasteiger partial charge is 0.0558 e. The molecule has 1 rings (SSSR count). The number of rotatable bonds is 7. The van der Waals surface area contributed by atoms with Crippen LogP contribution in [-0.4, -0.2) is 48.0 Å². The van der Waals surface area contributed by atoms with Crippen LogP contribution in [0.5, 0.6) is 0 Å². The molecule has 0 radical (unpaired) electrons. The SMILES string of the molecule is Cc1ccc(C(CN)N(CCO)CCO)cc1. The summed E-state index contributed by atoms with van der Waals surface area (Å²) in [7, 11) is 0. The van der Waals surface area contributed by atoms with Gasteiger partial charge in [-0.1, -0.05) is 29.8 Å². The first-order chi connectivity index (χ1) is 8.22. The number of hydrogen-bond donors (Lipinski definition) is 3. The van der Waals surface area contributed by atoms with Crippen molar-refractivity contribution in [3.05, 3.63) is 35.4 Å². The van der Waals surface area contributed by atoms with Crippen molar-refractivity contribution in [3.8, 4) is 0 Å². The lowest BCUT2D eigenvalue weighted by molar-refractivity contribution is 0.124. The van der Waals surface area contributed by atoms with Crippen LogP contribution < -0.4 is 5.73 Å². The maximum atomic E-state index is 9.03. The Labute approximate surface area is 103 Å². The Kier molecular flexibility index (Phi) is 6.15. The molecule has 0 bridgehead atoms. The second-order valence-corrected chi connectivity index (χ2v) is 4.15. The van der Waals surface area contributed by atoms with Crippen molar-refractivity contribution in [1.82, 2.24) is 4.90 Å². The van der Waals surface area contributed by atoms with E-state index in [9.17, 15) is 0 Å². The third-order valence-corrected chi connectivity index (χ3v) is 2.90. The highest BCUT2D eigenvalue weighted by Crippen LogP contribution is 2.19. The molecule has 0 saturated heterocycles. The predicted molar refractivity (Wildman–Crippen MR) is 68.7 cm³/mol. The third-order valence-electron chi connectivity index (χ3n) is 2.90. The van der Waals surface area contributed by atoms with Crippen LogP contribution in [0.3, 0.4) is 0 Å². The largest absolute Gasteiger partial charge is 0.395 e. The summed E-state index contributed by atoms with van der Waals surface area (Å²) in [6, 6.07) is 8.25. The van der Waals surface area contributed by atoms with Crippen LogP contribution in [0.15, 0.2) is 24.3 Å². The van der Waals surface area contributed by atoms with Gasteiger partial charge in [-0.05, 0) is 12.5 Å². The summed E-state index contributed by atoms with van der Waals surface area (Å²) in [5.41, 5.74) is 8.13. The Balaban J connectivity index is 2.83. The van der Waals surface area contributed by atoms with Crippen molar-refractivity contribution >= 4 is 0 Å². The molecule has 1 atom stereocenters. The van der Waals surface area contributed by atoms with E-state index in [0.717, 1.165) is 5.56 Å². The zero-order valence-corrected chi connectivity index (χ0v) is 10.3. The highest BCUT2D eigenvalue weighted by Gasteiger charge is 2.17. The van der Waals surface area contributed by atoms with E-state index >= 15 is 0 Å². The number of nitrogens with zero attached hydrogens (tertiary/aromatic N) is 1. The number of aliphatic hydroxyl groups excluding tert-OH is 2. The van der Waals surface area contributed by atoms with E-state index in [2.05, 4.69) is 12.1 Å². The van der Waals surface area contributed by atoms with E-state index in [0.29, 0.717) is 19.6 Å². The number of benzene rings is 1. The summed E-state index contributed by atoms with van der Waals surface area (Å²) in [6.07, 6.45) is 0. The van der Waals surface area contributed by atoms with Gasteiger partial charge in [0, 0.05) is 25.7 Å². The Morgan fingerprint density at radius 3 is 2.06 bits per heavy atom. The van der Waals surface area contributed by atoms with E-state index < -0.39 is 0 Å². The topological polar surface area (TPSA) is 69.7 Å². The van der Waals surface area contributed by atoms with E-state index in [4.69, 9.17) is 15.9 Å². The molecule has 0 heterocycles. The molecule has 0 aromatic heterocycles. The molecule has 96 valence electrons. The molecular weight excluding hydrogens is 216 g/mol. The van der Waals surface area contributed by atoms with Gasteiger partial charge >= 0.3 is 0 Å². The van der Waals surface area contributed by atoms with Crippen LogP contribution >= 0.6 is 0 Å². The van der Waals surface area contributed by atoms with Crippen molar-refractivity contribution in [3.63, 3.8) is 0 Å². The highest BCUT2D eigenvalue weighted by atomic mass is 16.3. The predicted octanol–water partition coefficient (Wildman–Crippen LogP) is 0.281. The number of aliphatic hydroxyl groups is 2. The van der Waals surface area contributed by atoms with Gasteiger partial charge in [0.15, 0.2) is 0 Å². The molecule has 1 aromatic carbocycles. The lowest BCUT2D eigenvalue weighted by atomic mass is 10.0. The maximum absolute atomic E-state index is 9.03. The van der Waals surface area contributed by atoms with Gasteiger partial charge in [-0.2, -0.15) is 0 Å². The molecule has 0 saturated carbocycles. The van der Waals surface area contributed by atoms with Crippen LogP contribution in [0, 0.1) is 6.92 Å². The first-order valence-electron chi connectivity index (χ1n) is 5.95. The zero-order chi connectivity index (χ0) is 12.7. The van der Waals surface area contributed by atoms with Gasteiger partial charge in [-0.3, -0.25) is 4.90 Å². The molecule has 17 heavy (non-hydrogen) atoms. The average molecular weight is 238 g/mol. The third kappa shape index (κ3) is 4.09. The van der Waals surface area contributed by atoms with Gasteiger partial charge < -0.3 is 15.9 Å². The molecule has 4 N–H and O–H groups in total. The lowest BCUT2D eigenvalue weighted by Gasteiger charge is -2.30. The summed E-state index contributed by atoms with van der Waals surface area (Å²) in [6.45, 7) is 3.71. The van der Waals surface area contributed by atoms with Crippen molar-refractivity contribution in [2.75, 3.05) is 32.8 Å². The van der Waals surface area contributed by atoms with Gasteiger partial charge in [0.05, 0.1) is 13.2 Å². The number of nitrogens with two attached hydrogens (primary N) is 1. The van der Waals surface area contributed by atoms with Crippen LogP contribution in [-0.2, 0) is 0 Å². The summed E-state index contributed by atoms with van der Waals surface area (Å²) >= 11 is 0. The van der Waals surface area contributed by atoms with Gasteiger partial charge in [0.1, 0.15) is 0 Å². The van der Waals surface area contributed by atoms with E-state index in [1.165, 1.54) is 5.56 Å². The summed E-state index contributed by atoms with van der Waals surface area (Å²) < 4.78 is 0. The molecule has 0 aliphatic heterocycles.